The molecule has 0 saturated heterocycles. The number of aromatic nitrogens is 1. The lowest BCUT2D eigenvalue weighted by Gasteiger charge is -2.20. The summed E-state index contributed by atoms with van der Waals surface area (Å²) in [6, 6.07) is 13.0. The van der Waals surface area contributed by atoms with Crippen LogP contribution in [-0.4, -0.2) is 30.2 Å². The second-order valence-electron chi connectivity index (χ2n) is 6.08. The fourth-order valence-corrected chi connectivity index (χ4v) is 4.16. The largest absolute Gasteiger partial charge is 0.468 e. The van der Waals surface area contributed by atoms with E-state index >= 15 is 0 Å². The summed E-state index contributed by atoms with van der Waals surface area (Å²) in [5.41, 5.74) is 0.799. The van der Waals surface area contributed by atoms with Crippen molar-refractivity contribution >= 4 is 39.1 Å². The fraction of sp³-hybridized carbons (Fsp3) is 0.158. The highest BCUT2D eigenvalue weighted by Crippen LogP contribution is 2.19. The average molecular weight is 454 g/mol. The number of amides is 1. The Morgan fingerprint density at radius 1 is 1.14 bits per heavy atom. The van der Waals surface area contributed by atoms with Gasteiger partial charge in [0.25, 0.3) is 0 Å². The van der Waals surface area contributed by atoms with Crippen LogP contribution in [0.5, 0.6) is 0 Å². The first kappa shape index (κ1) is 21.3. The summed E-state index contributed by atoms with van der Waals surface area (Å²) in [5, 5.41) is 3.42. The zero-order valence-electron chi connectivity index (χ0n) is 15.1. The maximum Gasteiger partial charge on any atom is 0.245 e. The number of hydrogen-bond acceptors (Lipinski definition) is 5. The third kappa shape index (κ3) is 5.80. The first-order valence-electron chi connectivity index (χ1n) is 8.50. The molecule has 0 atom stereocenters. The van der Waals surface area contributed by atoms with Gasteiger partial charge in [0.05, 0.1) is 19.4 Å². The van der Waals surface area contributed by atoms with Crippen molar-refractivity contribution in [1.82, 2.24) is 14.6 Å². The van der Waals surface area contributed by atoms with Crippen molar-refractivity contribution in [2.45, 2.75) is 18.0 Å². The molecule has 0 aliphatic rings. The van der Waals surface area contributed by atoms with Gasteiger partial charge in [-0.3, -0.25) is 4.79 Å². The van der Waals surface area contributed by atoms with E-state index in [1.165, 1.54) is 18.4 Å². The zero-order chi connectivity index (χ0) is 20.9. The summed E-state index contributed by atoms with van der Waals surface area (Å²) >= 11 is 11.7. The molecule has 0 aliphatic heterocycles. The van der Waals surface area contributed by atoms with E-state index < -0.39 is 22.5 Å². The van der Waals surface area contributed by atoms with Crippen LogP contribution >= 0.6 is 23.2 Å². The summed E-state index contributed by atoms with van der Waals surface area (Å²) < 4.78 is 32.3. The number of carbonyl (C=O) groups is 1. The van der Waals surface area contributed by atoms with Crippen LogP contribution in [-0.2, 0) is 27.9 Å². The van der Waals surface area contributed by atoms with Gasteiger partial charge in [-0.25, -0.2) is 13.4 Å². The molecule has 152 valence electrons. The summed E-state index contributed by atoms with van der Waals surface area (Å²) in [6.45, 7) is -0.286. The molecular weight excluding hydrogens is 437 g/mol. The predicted molar refractivity (Wildman–Crippen MR) is 109 cm³/mol. The van der Waals surface area contributed by atoms with Crippen molar-refractivity contribution in [2.24, 2.45) is 0 Å². The van der Waals surface area contributed by atoms with Crippen LogP contribution in [0.1, 0.15) is 11.3 Å². The van der Waals surface area contributed by atoms with Crippen molar-refractivity contribution in [1.29, 1.82) is 0 Å². The Bertz CT molecular complexity index is 1070. The van der Waals surface area contributed by atoms with Crippen LogP contribution in [0.3, 0.4) is 0 Å². The van der Waals surface area contributed by atoms with Crippen molar-refractivity contribution in [3.05, 3.63) is 82.5 Å². The third-order valence-corrected chi connectivity index (χ3v) is 6.18. The molecule has 0 saturated carbocycles. The fourth-order valence-electron chi connectivity index (χ4n) is 2.53. The molecule has 29 heavy (non-hydrogen) atoms. The molecule has 0 spiro atoms. The first-order valence-corrected chi connectivity index (χ1v) is 10.7. The molecule has 0 bridgehead atoms. The molecule has 0 radical (unpaired) electrons. The van der Waals surface area contributed by atoms with E-state index in [-0.39, 0.29) is 23.1 Å². The molecule has 1 N–H and O–H groups in total. The summed E-state index contributed by atoms with van der Waals surface area (Å²) in [5.74, 6) is -0.0693. The van der Waals surface area contributed by atoms with Crippen molar-refractivity contribution in [3.63, 3.8) is 0 Å². The highest BCUT2D eigenvalue weighted by atomic mass is 35.5. The molecule has 0 unspecified atom stereocenters. The van der Waals surface area contributed by atoms with Crippen molar-refractivity contribution in [2.75, 3.05) is 6.54 Å². The van der Waals surface area contributed by atoms with Crippen LogP contribution in [0.4, 0.5) is 0 Å². The second kappa shape index (κ2) is 9.41. The topological polar surface area (TPSA) is 92.5 Å². The van der Waals surface area contributed by atoms with Gasteiger partial charge in [0.2, 0.25) is 15.9 Å². The number of nitrogens with one attached hydrogen (secondary N) is 1. The van der Waals surface area contributed by atoms with E-state index in [1.54, 1.807) is 30.3 Å². The van der Waals surface area contributed by atoms with E-state index in [0.29, 0.717) is 10.8 Å². The summed E-state index contributed by atoms with van der Waals surface area (Å²) in [6.07, 6.45) is 2.58. The maximum absolute atomic E-state index is 13.0. The lowest BCUT2D eigenvalue weighted by Crippen LogP contribution is -2.40. The van der Waals surface area contributed by atoms with Crippen molar-refractivity contribution < 1.29 is 17.6 Å². The number of pyridine rings is 1. The average Bonchev–Trinajstić information content (AvgIpc) is 3.19. The zero-order valence-corrected chi connectivity index (χ0v) is 17.4. The van der Waals surface area contributed by atoms with Gasteiger partial charge in [-0.15, -0.1) is 0 Å². The SMILES string of the molecule is O=C(CN(Cc1ccco1)S(=O)(=O)c1ccc(Cl)nc1)NCc1cccc(Cl)c1. The summed E-state index contributed by atoms with van der Waals surface area (Å²) in [4.78, 5) is 16.2. The van der Waals surface area contributed by atoms with Gasteiger partial charge in [0.1, 0.15) is 15.8 Å². The van der Waals surface area contributed by atoms with Crippen LogP contribution < -0.4 is 5.32 Å². The highest BCUT2D eigenvalue weighted by Gasteiger charge is 2.28. The van der Waals surface area contributed by atoms with Gasteiger partial charge in [-0.05, 0) is 42.0 Å². The van der Waals surface area contributed by atoms with E-state index in [4.69, 9.17) is 27.6 Å². The highest BCUT2D eigenvalue weighted by molar-refractivity contribution is 7.89. The number of sulfonamides is 1. The molecule has 0 aliphatic carbocycles. The Morgan fingerprint density at radius 2 is 1.97 bits per heavy atom. The maximum atomic E-state index is 13.0. The van der Waals surface area contributed by atoms with Crippen LogP contribution in [0.15, 0.2) is 70.3 Å². The number of halogens is 2. The van der Waals surface area contributed by atoms with Crippen LogP contribution in [0.2, 0.25) is 10.2 Å². The molecule has 3 aromatic rings. The van der Waals surface area contributed by atoms with Gasteiger partial charge in [0, 0.05) is 17.8 Å². The predicted octanol–water partition coefficient (Wildman–Crippen LogP) is 3.49. The monoisotopic (exact) mass is 453 g/mol. The lowest BCUT2D eigenvalue weighted by molar-refractivity contribution is -0.121. The molecule has 2 heterocycles. The molecule has 3 rings (SSSR count). The molecular formula is C19H17Cl2N3O4S. The number of benzene rings is 1. The number of nitrogens with zero attached hydrogens (tertiary/aromatic N) is 2. The second-order valence-corrected chi connectivity index (χ2v) is 8.84. The minimum Gasteiger partial charge on any atom is -0.468 e. The first-order chi connectivity index (χ1) is 13.8. The Labute approximate surface area is 178 Å². The van der Waals surface area contributed by atoms with Crippen LogP contribution in [0, 0.1) is 0 Å². The van der Waals surface area contributed by atoms with Gasteiger partial charge < -0.3 is 9.73 Å². The molecule has 2 aromatic heterocycles. The number of furan rings is 1. The Hall–Kier alpha value is -2.39. The quantitative estimate of drug-likeness (QED) is 0.526. The third-order valence-electron chi connectivity index (χ3n) is 3.95. The normalized spacial score (nSPS) is 11.6. The molecule has 10 heteroatoms. The van der Waals surface area contributed by atoms with E-state index in [1.807, 2.05) is 6.07 Å². The Kier molecular flexibility index (Phi) is 6.92. The standard InChI is InChI=1S/C19H17Cl2N3O4S/c20-15-4-1-3-14(9-15)10-23-19(25)13-24(12-16-5-2-8-28-16)29(26,27)17-6-7-18(21)22-11-17/h1-9,11H,10,12-13H2,(H,23,25). The minimum atomic E-state index is -4.01. The minimum absolute atomic E-state index is 0.0731. The number of hydrogen-bond donors (Lipinski definition) is 1. The van der Waals surface area contributed by atoms with Gasteiger partial charge in [-0.1, -0.05) is 35.3 Å². The van der Waals surface area contributed by atoms with Gasteiger partial charge in [0.15, 0.2) is 0 Å². The molecule has 1 amide bonds. The Morgan fingerprint density at radius 3 is 2.62 bits per heavy atom. The van der Waals surface area contributed by atoms with Gasteiger partial charge in [-0.2, -0.15) is 4.31 Å². The molecule has 7 nitrogen and oxygen atoms in total. The smallest absolute Gasteiger partial charge is 0.245 e. The Balaban J connectivity index is 1.76. The van der Waals surface area contributed by atoms with E-state index in [2.05, 4.69) is 10.3 Å². The van der Waals surface area contributed by atoms with E-state index in [9.17, 15) is 13.2 Å². The number of rotatable bonds is 8. The van der Waals surface area contributed by atoms with E-state index in [0.717, 1.165) is 16.1 Å². The molecule has 0 fully saturated rings. The van der Waals surface area contributed by atoms with Gasteiger partial charge >= 0.3 is 0 Å². The van der Waals surface area contributed by atoms with Crippen LogP contribution in [0.25, 0.3) is 0 Å². The lowest BCUT2D eigenvalue weighted by atomic mass is 10.2. The molecule has 1 aromatic carbocycles. The summed E-state index contributed by atoms with van der Waals surface area (Å²) in [7, 11) is -4.01. The van der Waals surface area contributed by atoms with Crippen molar-refractivity contribution in [3.8, 4) is 0 Å². The number of carbonyl (C=O) groups excluding carboxylic acids is 1.